The van der Waals surface area contributed by atoms with Gasteiger partial charge in [-0.15, -0.1) is 0 Å². The van der Waals surface area contributed by atoms with Gasteiger partial charge in [0.2, 0.25) is 0 Å². The van der Waals surface area contributed by atoms with Crippen molar-refractivity contribution in [3.05, 3.63) is 36.2 Å². The van der Waals surface area contributed by atoms with Crippen LogP contribution in [-0.2, 0) is 11.0 Å². The molecular weight excluding hydrogens is 390 g/mol. The van der Waals surface area contributed by atoms with Gasteiger partial charge < -0.3 is 20.5 Å². The van der Waals surface area contributed by atoms with E-state index in [0.717, 1.165) is 46.6 Å². The van der Waals surface area contributed by atoms with Gasteiger partial charge in [-0.25, -0.2) is 18.5 Å². The van der Waals surface area contributed by atoms with Crippen LogP contribution in [0.4, 0.5) is 5.82 Å². The van der Waals surface area contributed by atoms with E-state index < -0.39 is 11.0 Å². The zero-order valence-corrected chi connectivity index (χ0v) is 17.5. The summed E-state index contributed by atoms with van der Waals surface area (Å²) in [7, 11) is -1.44. The Morgan fingerprint density at radius 1 is 1.14 bits per heavy atom. The molecule has 1 aromatic carbocycles. The number of nitrogens with zero attached hydrogens (tertiary/aromatic N) is 3. The predicted octanol–water partition coefficient (Wildman–Crippen LogP) is 2.06. The number of anilines is 1. The second-order valence-electron chi connectivity index (χ2n) is 6.65. The van der Waals surface area contributed by atoms with Gasteiger partial charge in [0.05, 0.1) is 29.2 Å². The second-order valence-corrected chi connectivity index (χ2v) is 8.13. The van der Waals surface area contributed by atoms with Crippen molar-refractivity contribution in [3.8, 4) is 11.3 Å². The summed E-state index contributed by atoms with van der Waals surface area (Å²) in [6.07, 6.45) is 2.55. The third-order valence-electron chi connectivity index (χ3n) is 4.66. The van der Waals surface area contributed by atoms with Gasteiger partial charge in [0.25, 0.3) is 0 Å². The van der Waals surface area contributed by atoms with Gasteiger partial charge in [0.15, 0.2) is 0 Å². The van der Waals surface area contributed by atoms with Crippen LogP contribution in [0.3, 0.4) is 0 Å². The average molecular weight is 418 g/mol. The summed E-state index contributed by atoms with van der Waals surface area (Å²) in [6.45, 7) is 5.22. The minimum Gasteiger partial charge on any atom is -0.395 e. The Balaban J connectivity index is 1.91. The summed E-state index contributed by atoms with van der Waals surface area (Å²) < 4.78 is 14.3. The highest BCUT2D eigenvalue weighted by atomic mass is 32.2. The Bertz CT molecular complexity index is 968. The van der Waals surface area contributed by atoms with Crippen molar-refractivity contribution in [3.63, 3.8) is 0 Å². The van der Waals surface area contributed by atoms with Crippen molar-refractivity contribution in [2.24, 2.45) is 0 Å². The van der Waals surface area contributed by atoms with E-state index in [1.54, 1.807) is 22.8 Å². The van der Waals surface area contributed by atoms with E-state index in [1.165, 1.54) is 0 Å². The molecule has 0 radical (unpaired) electrons. The number of nitrogens with one attached hydrogen (secondary N) is 2. The number of aromatic nitrogens is 3. The number of hydrogen-bond acceptors (Lipinski definition) is 6. The first-order valence-electron chi connectivity index (χ1n) is 9.66. The molecule has 1 atom stereocenters. The van der Waals surface area contributed by atoms with Gasteiger partial charge >= 0.3 is 0 Å². The topological polar surface area (TPSA) is 114 Å². The third-order valence-corrected chi connectivity index (χ3v) is 6.17. The number of aliphatic hydroxyl groups is 2. The summed E-state index contributed by atoms with van der Waals surface area (Å²) >= 11 is 0. The van der Waals surface area contributed by atoms with E-state index in [0.29, 0.717) is 4.90 Å². The fraction of sp³-hybridized carbons (Fsp3) is 0.400. The van der Waals surface area contributed by atoms with Gasteiger partial charge in [0, 0.05) is 19.6 Å². The molecule has 8 nitrogen and oxygen atoms in total. The number of aliphatic hydroxyl groups excluding tert-OH is 2. The molecule has 0 spiro atoms. The van der Waals surface area contributed by atoms with Crippen molar-refractivity contribution in [2.45, 2.75) is 25.2 Å². The van der Waals surface area contributed by atoms with Crippen LogP contribution in [0.5, 0.6) is 0 Å². The Kier molecular flexibility index (Phi) is 7.32. The summed E-state index contributed by atoms with van der Waals surface area (Å²) in [6, 6.07) is 7.43. The van der Waals surface area contributed by atoms with E-state index in [4.69, 9.17) is 10.2 Å². The van der Waals surface area contributed by atoms with Crippen LogP contribution in [0.15, 0.2) is 35.5 Å². The molecule has 2 aromatic heterocycles. The maximum Gasteiger partial charge on any atom is 0.143 e. The summed E-state index contributed by atoms with van der Waals surface area (Å²) in [5.74, 6) is 0.818. The SMILES string of the molecule is CCCNc1ncnc2[nH]c(-c3ccc(S(=O)N(CCO)CCO)cc3)c(C)c12. The van der Waals surface area contributed by atoms with Crippen LogP contribution in [0.2, 0.25) is 0 Å². The van der Waals surface area contributed by atoms with Crippen LogP contribution in [0, 0.1) is 6.92 Å². The minimum absolute atomic E-state index is 0.118. The van der Waals surface area contributed by atoms with Gasteiger partial charge in [0.1, 0.15) is 28.8 Å². The molecule has 0 aliphatic carbocycles. The van der Waals surface area contributed by atoms with Gasteiger partial charge in [-0.1, -0.05) is 19.1 Å². The van der Waals surface area contributed by atoms with Crippen molar-refractivity contribution in [1.29, 1.82) is 0 Å². The molecule has 3 aromatic rings. The Morgan fingerprint density at radius 2 is 1.83 bits per heavy atom. The number of hydrogen-bond donors (Lipinski definition) is 4. The highest BCUT2D eigenvalue weighted by Gasteiger charge is 2.17. The maximum absolute atomic E-state index is 12.7. The van der Waals surface area contributed by atoms with E-state index in [-0.39, 0.29) is 26.3 Å². The molecule has 4 N–H and O–H groups in total. The predicted molar refractivity (Wildman–Crippen MR) is 115 cm³/mol. The van der Waals surface area contributed by atoms with E-state index in [1.807, 2.05) is 19.1 Å². The van der Waals surface area contributed by atoms with Gasteiger partial charge in [-0.05, 0) is 36.6 Å². The number of H-pyrrole nitrogens is 1. The number of aryl methyl sites for hydroxylation is 1. The van der Waals surface area contributed by atoms with Crippen LogP contribution >= 0.6 is 0 Å². The number of rotatable bonds is 10. The zero-order valence-electron chi connectivity index (χ0n) is 16.7. The molecule has 1 unspecified atom stereocenters. The molecule has 0 saturated carbocycles. The summed E-state index contributed by atoms with van der Waals surface area (Å²) in [4.78, 5) is 12.7. The lowest BCUT2D eigenvalue weighted by molar-refractivity contribution is 0.222. The van der Waals surface area contributed by atoms with Crippen molar-refractivity contribution in [1.82, 2.24) is 19.3 Å². The normalized spacial score (nSPS) is 12.6. The molecular formula is C20H27N5O3S. The van der Waals surface area contributed by atoms with Crippen molar-refractivity contribution < 1.29 is 14.4 Å². The molecule has 0 amide bonds. The first-order chi connectivity index (χ1) is 14.1. The number of aromatic amines is 1. The van der Waals surface area contributed by atoms with E-state index in [9.17, 15) is 4.21 Å². The molecule has 29 heavy (non-hydrogen) atoms. The van der Waals surface area contributed by atoms with Crippen LogP contribution < -0.4 is 5.32 Å². The van der Waals surface area contributed by atoms with Crippen LogP contribution in [0.25, 0.3) is 22.3 Å². The monoisotopic (exact) mass is 417 g/mol. The lowest BCUT2D eigenvalue weighted by atomic mass is 10.1. The summed E-state index contributed by atoms with van der Waals surface area (Å²) in [5.41, 5.74) is 3.73. The molecule has 0 saturated heterocycles. The smallest absolute Gasteiger partial charge is 0.143 e. The first-order valence-corrected chi connectivity index (χ1v) is 10.8. The lowest BCUT2D eigenvalue weighted by Gasteiger charge is -2.19. The molecule has 0 bridgehead atoms. The average Bonchev–Trinajstić information content (AvgIpc) is 3.09. The largest absolute Gasteiger partial charge is 0.395 e. The van der Waals surface area contributed by atoms with E-state index >= 15 is 0 Å². The molecule has 0 aliphatic heterocycles. The Labute approximate surface area is 172 Å². The first kappa shape index (κ1) is 21.4. The van der Waals surface area contributed by atoms with E-state index in [2.05, 4.69) is 27.2 Å². The molecule has 3 rings (SSSR count). The summed E-state index contributed by atoms with van der Waals surface area (Å²) in [5, 5.41) is 22.6. The minimum atomic E-state index is -1.44. The maximum atomic E-state index is 12.7. The lowest BCUT2D eigenvalue weighted by Crippen LogP contribution is -2.31. The second kappa shape index (κ2) is 9.93. The highest BCUT2D eigenvalue weighted by Crippen LogP contribution is 2.32. The molecule has 0 fully saturated rings. The Hall–Kier alpha value is -2.33. The van der Waals surface area contributed by atoms with Crippen molar-refractivity contribution in [2.75, 3.05) is 38.2 Å². The Morgan fingerprint density at radius 3 is 2.45 bits per heavy atom. The fourth-order valence-corrected chi connectivity index (χ4v) is 4.39. The fourth-order valence-electron chi connectivity index (χ4n) is 3.23. The van der Waals surface area contributed by atoms with Crippen LogP contribution in [0.1, 0.15) is 18.9 Å². The number of benzene rings is 1. The van der Waals surface area contributed by atoms with Gasteiger partial charge in [-0.3, -0.25) is 0 Å². The molecule has 0 aliphatic rings. The highest BCUT2D eigenvalue weighted by molar-refractivity contribution is 7.82. The zero-order chi connectivity index (χ0) is 20.8. The molecule has 156 valence electrons. The molecule has 9 heteroatoms. The van der Waals surface area contributed by atoms with Crippen molar-refractivity contribution >= 4 is 27.8 Å². The quantitative estimate of drug-likeness (QED) is 0.401. The standard InChI is InChI=1S/C20H27N5O3S/c1-3-8-21-19-17-14(2)18(24-20(17)23-13-22-19)15-4-6-16(7-5-15)29(28)25(9-11-26)10-12-27/h4-7,13,26-27H,3,8-12H2,1-2H3,(H2,21,22,23,24). The van der Waals surface area contributed by atoms with Gasteiger partial charge in [-0.2, -0.15) is 0 Å². The third kappa shape index (κ3) is 4.64. The molecule has 2 heterocycles. The van der Waals surface area contributed by atoms with Crippen LogP contribution in [-0.4, -0.2) is 66.5 Å². The number of fused-ring (bicyclic) bond motifs is 1.